The van der Waals surface area contributed by atoms with Gasteiger partial charge >= 0.3 is 0 Å². The molecule has 4 rings (SSSR count). The van der Waals surface area contributed by atoms with Gasteiger partial charge in [0.05, 0.1) is 0 Å². The Kier molecular flexibility index (Phi) is 10.3. The minimum Gasteiger partial charge on any atom is -0.492 e. The summed E-state index contributed by atoms with van der Waals surface area (Å²) in [5, 5.41) is 7.75. The van der Waals surface area contributed by atoms with E-state index < -0.39 is 0 Å². The molecule has 0 aromatic heterocycles. The fourth-order valence-corrected chi connectivity index (χ4v) is 4.41. The predicted molar refractivity (Wildman–Crippen MR) is 150 cm³/mol. The van der Waals surface area contributed by atoms with E-state index in [2.05, 4.69) is 64.6 Å². The van der Waals surface area contributed by atoms with Gasteiger partial charge in [0.2, 0.25) is 0 Å². The van der Waals surface area contributed by atoms with E-state index >= 15 is 0 Å². The molecular formula is C31H36ClN3O. The smallest absolute Gasteiger partial charge is 0.122 e. The van der Waals surface area contributed by atoms with Crippen molar-refractivity contribution in [1.29, 1.82) is 0 Å². The Balaban J connectivity index is 1.12. The number of hydrogen-bond acceptors (Lipinski definition) is 4. The molecular weight excluding hydrogens is 466 g/mol. The average molecular weight is 502 g/mol. The maximum absolute atomic E-state index is 5.98. The van der Waals surface area contributed by atoms with Gasteiger partial charge in [0.25, 0.3) is 0 Å². The lowest BCUT2D eigenvalue weighted by atomic mass is 10.1. The highest BCUT2D eigenvalue weighted by Crippen LogP contribution is 2.19. The third-order valence-electron chi connectivity index (χ3n) is 6.39. The fourth-order valence-electron chi connectivity index (χ4n) is 4.28. The molecule has 0 saturated carbocycles. The molecule has 1 aliphatic rings. The fraction of sp³-hybridized carbons (Fsp3) is 0.355. The standard InChI is InChI=1S/C31H36ClN3O/c1-25-22-27(5-4-26-10-13-30(32)14-11-26)12-15-31(25)36-21-17-34-24-29-8-6-28(7-9-29)23-33-16-20-35-18-2-3-19-35/h6-15,22,33-34H,2-3,16-21,23-24H2,1H3. The van der Waals surface area contributed by atoms with E-state index in [1.807, 2.05) is 36.4 Å². The Morgan fingerprint density at radius 2 is 1.42 bits per heavy atom. The molecule has 5 heteroatoms. The van der Waals surface area contributed by atoms with Crippen LogP contribution >= 0.6 is 11.6 Å². The first kappa shape index (κ1) is 26.3. The maximum Gasteiger partial charge on any atom is 0.122 e. The second kappa shape index (κ2) is 14.1. The largest absolute Gasteiger partial charge is 0.492 e. The van der Waals surface area contributed by atoms with E-state index in [1.54, 1.807) is 0 Å². The number of halogens is 1. The van der Waals surface area contributed by atoms with E-state index in [0.717, 1.165) is 60.2 Å². The summed E-state index contributed by atoms with van der Waals surface area (Å²) in [6.45, 7) is 9.98. The van der Waals surface area contributed by atoms with Gasteiger partial charge in [-0.1, -0.05) is 47.7 Å². The highest BCUT2D eigenvalue weighted by atomic mass is 35.5. The Morgan fingerprint density at radius 3 is 2.08 bits per heavy atom. The quantitative estimate of drug-likeness (QED) is 0.272. The van der Waals surface area contributed by atoms with Gasteiger partial charge in [-0.25, -0.2) is 0 Å². The van der Waals surface area contributed by atoms with Crippen molar-refractivity contribution in [2.45, 2.75) is 32.9 Å². The van der Waals surface area contributed by atoms with Gasteiger partial charge in [0.1, 0.15) is 12.4 Å². The van der Waals surface area contributed by atoms with Crippen molar-refractivity contribution >= 4 is 11.6 Å². The zero-order chi connectivity index (χ0) is 25.0. The number of hydrogen-bond donors (Lipinski definition) is 2. The number of nitrogens with zero attached hydrogens (tertiary/aromatic N) is 1. The molecule has 0 radical (unpaired) electrons. The molecule has 2 N–H and O–H groups in total. The zero-order valence-corrected chi connectivity index (χ0v) is 21.9. The number of nitrogens with one attached hydrogen (secondary N) is 2. The highest BCUT2D eigenvalue weighted by Gasteiger charge is 2.09. The second-order valence-electron chi connectivity index (χ2n) is 9.30. The van der Waals surface area contributed by atoms with Crippen LogP contribution in [-0.4, -0.2) is 44.2 Å². The molecule has 1 aliphatic heterocycles. The lowest BCUT2D eigenvalue weighted by molar-refractivity contribution is 0.311. The van der Waals surface area contributed by atoms with Gasteiger partial charge in [-0.05, 0) is 92.0 Å². The maximum atomic E-state index is 5.98. The van der Waals surface area contributed by atoms with Crippen molar-refractivity contribution in [3.8, 4) is 17.6 Å². The molecule has 0 amide bonds. The Labute approximate surface area is 221 Å². The van der Waals surface area contributed by atoms with E-state index in [0.29, 0.717) is 6.61 Å². The van der Waals surface area contributed by atoms with Crippen LogP contribution in [0.1, 0.15) is 40.7 Å². The van der Waals surface area contributed by atoms with Crippen LogP contribution in [-0.2, 0) is 13.1 Å². The molecule has 0 unspecified atom stereocenters. The van der Waals surface area contributed by atoms with Crippen LogP contribution in [0.5, 0.6) is 5.75 Å². The normalized spacial score (nSPS) is 13.4. The Bertz CT molecular complexity index is 1140. The van der Waals surface area contributed by atoms with Crippen molar-refractivity contribution < 1.29 is 4.74 Å². The van der Waals surface area contributed by atoms with Gasteiger partial charge in [0.15, 0.2) is 0 Å². The second-order valence-corrected chi connectivity index (χ2v) is 9.74. The predicted octanol–water partition coefficient (Wildman–Crippen LogP) is 5.40. The van der Waals surface area contributed by atoms with Crippen LogP contribution in [0.15, 0.2) is 66.7 Å². The molecule has 1 heterocycles. The van der Waals surface area contributed by atoms with Crippen LogP contribution in [0.3, 0.4) is 0 Å². The van der Waals surface area contributed by atoms with Crippen molar-refractivity contribution in [2.24, 2.45) is 0 Å². The summed E-state index contributed by atoms with van der Waals surface area (Å²) in [6.07, 6.45) is 2.72. The molecule has 4 nitrogen and oxygen atoms in total. The van der Waals surface area contributed by atoms with Crippen molar-refractivity contribution in [1.82, 2.24) is 15.5 Å². The van der Waals surface area contributed by atoms with E-state index in [9.17, 15) is 0 Å². The Hall–Kier alpha value is -2.81. The first-order valence-corrected chi connectivity index (χ1v) is 13.3. The summed E-state index contributed by atoms with van der Waals surface area (Å²) in [5.74, 6) is 7.28. The van der Waals surface area contributed by atoms with Crippen molar-refractivity contribution in [2.75, 3.05) is 39.3 Å². The number of benzene rings is 3. The minimum absolute atomic E-state index is 0.621. The van der Waals surface area contributed by atoms with E-state index in [1.165, 1.54) is 37.1 Å². The molecule has 1 fully saturated rings. The number of ether oxygens (including phenoxy) is 1. The molecule has 3 aromatic carbocycles. The summed E-state index contributed by atoms with van der Waals surface area (Å²) >= 11 is 5.93. The number of rotatable bonds is 11. The highest BCUT2D eigenvalue weighted by molar-refractivity contribution is 6.30. The van der Waals surface area contributed by atoms with Crippen LogP contribution < -0.4 is 15.4 Å². The Morgan fingerprint density at radius 1 is 0.806 bits per heavy atom. The van der Waals surface area contributed by atoms with Gasteiger partial charge in [0, 0.05) is 48.9 Å². The first-order chi connectivity index (χ1) is 17.7. The summed E-state index contributed by atoms with van der Waals surface area (Å²) < 4.78 is 5.98. The van der Waals surface area contributed by atoms with Crippen LogP contribution in [0, 0.1) is 18.8 Å². The number of likely N-dealkylation sites (tertiary alicyclic amines) is 1. The van der Waals surface area contributed by atoms with Crippen LogP contribution in [0.25, 0.3) is 0 Å². The first-order valence-electron chi connectivity index (χ1n) is 12.9. The van der Waals surface area contributed by atoms with Gasteiger partial charge in [-0.15, -0.1) is 0 Å². The summed E-state index contributed by atoms with van der Waals surface area (Å²) in [7, 11) is 0. The molecule has 0 bridgehead atoms. The average Bonchev–Trinajstić information content (AvgIpc) is 3.42. The van der Waals surface area contributed by atoms with Gasteiger partial charge < -0.3 is 20.3 Å². The minimum atomic E-state index is 0.621. The molecule has 0 aliphatic carbocycles. The summed E-state index contributed by atoms with van der Waals surface area (Å²) in [6, 6.07) is 22.5. The molecule has 0 atom stereocenters. The van der Waals surface area contributed by atoms with Crippen LogP contribution in [0.2, 0.25) is 5.02 Å². The third kappa shape index (κ3) is 8.69. The lowest BCUT2D eigenvalue weighted by Crippen LogP contribution is -2.29. The van der Waals surface area contributed by atoms with E-state index in [-0.39, 0.29) is 0 Å². The summed E-state index contributed by atoms with van der Waals surface area (Å²) in [4.78, 5) is 2.54. The van der Waals surface area contributed by atoms with Crippen LogP contribution in [0.4, 0.5) is 0 Å². The molecule has 1 saturated heterocycles. The third-order valence-corrected chi connectivity index (χ3v) is 6.64. The molecule has 36 heavy (non-hydrogen) atoms. The van der Waals surface area contributed by atoms with Crippen molar-refractivity contribution in [3.05, 3.63) is 99.6 Å². The lowest BCUT2D eigenvalue weighted by Gasteiger charge is -2.14. The molecule has 3 aromatic rings. The van der Waals surface area contributed by atoms with Gasteiger partial charge in [-0.2, -0.15) is 0 Å². The monoisotopic (exact) mass is 501 g/mol. The molecule has 0 spiro atoms. The SMILES string of the molecule is Cc1cc(C#Cc2ccc(Cl)cc2)ccc1OCCNCc1ccc(CNCCN2CCCC2)cc1. The van der Waals surface area contributed by atoms with Crippen molar-refractivity contribution in [3.63, 3.8) is 0 Å². The van der Waals surface area contributed by atoms with Gasteiger partial charge in [-0.3, -0.25) is 0 Å². The number of aryl methyl sites for hydroxylation is 1. The molecule has 188 valence electrons. The van der Waals surface area contributed by atoms with E-state index in [4.69, 9.17) is 16.3 Å². The summed E-state index contributed by atoms with van der Waals surface area (Å²) in [5.41, 5.74) is 5.62. The zero-order valence-electron chi connectivity index (χ0n) is 21.2. The topological polar surface area (TPSA) is 36.5 Å².